The number of amides is 1. The first kappa shape index (κ1) is 13.5. The van der Waals surface area contributed by atoms with Crippen LogP contribution in [0.2, 0.25) is 0 Å². The average molecular weight is 268 g/mol. The molecule has 0 bridgehead atoms. The summed E-state index contributed by atoms with van der Waals surface area (Å²) in [5, 5.41) is 11.3. The van der Waals surface area contributed by atoms with Crippen LogP contribution in [0.15, 0.2) is 17.5 Å². The van der Waals surface area contributed by atoms with Crippen LogP contribution < -0.4 is 5.73 Å². The van der Waals surface area contributed by atoms with Crippen LogP contribution in [0.1, 0.15) is 36.6 Å². The standard InChI is InChI=1S/C13H20N2O2S/c14-12(11-6-4-8-18-11)13(17)15-7-3-1-2-5-10(15)9-16/h4,6,8,10,12,16H,1-3,5,7,9,14H2. The highest BCUT2D eigenvalue weighted by molar-refractivity contribution is 7.10. The molecule has 5 heteroatoms. The number of thiophene rings is 1. The van der Waals surface area contributed by atoms with Crippen molar-refractivity contribution in [3.63, 3.8) is 0 Å². The summed E-state index contributed by atoms with van der Waals surface area (Å²) in [5.41, 5.74) is 6.02. The number of carbonyl (C=O) groups is 1. The van der Waals surface area contributed by atoms with E-state index < -0.39 is 6.04 Å². The van der Waals surface area contributed by atoms with Gasteiger partial charge in [-0.15, -0.1) is 11.3 Å². The van der Waals surface area contributed by atoms with E-state index in [-0.39, 0.29) is 18.6 Å². The highest BCUT2D eigenvalue weighted by atomic mass is 32.1. The molecule has 0 saturated carbocycles. The summed E-state index contributed by atoms with van der Waals surface area (Å²) in [7, 11) is 0. The Morgan fingerprint density at radius 1 is 1.56 bits per heavy atom. The number of aliphatic hydroxyl groups excluding tert-OH is 1. The highest BCUT2D eigenvalue weighted by Gasteiger charge is 2.29. The number of nitrogens with zero attached hydrogens (tertiary/aromatic N) is 1. The molecule has 1 aliphatic rings. The third-order valence-electron chi connectivity index (χ3n) is 3.49. The second kappa shape index (κ2) is 6.31. The van der Waals surface area contributed by atoms with Gasteiger partial charge < -0.3 is 15.7 Å². The minimum Gasteiger partial charge on any atom is -0.394 e. The lowest BCUT2D eigenvalue weighted by atomic mass is 10.1. The SMILES string of the molecule is NC(C(=O)N1CCCCCC1CO)c1cccs1. The molecule has 1 fully saturated rings. The van der Waals surface area contributed by atoms with Crippen LogP contribution in [0.3, 0.4) is 0 Å². The molecule has 1 amide bonds. The van der Waals surface area contributed by atoms with Gasteiger partial charge in [-0.2, -0.15) is 0 Å². The second-order valence-electron chi connectivity index (χ2n) is 4.71. The van der Waals surface area contributed by atoms with Gasteiger partial charge in [-0.05, 0) is 24.3 Å². The molecule has 2 heterocycles. The van der Waals surface area contributed by atoms with Crippen molar-refractivity contribution in [2.45, 2.75) is 37.8 Å². The molecular weight excluding hydrogens is 248 g/mol. The quantitative estimate of drug-likeness (QED) is 0.873. The van der Waals surface area contributed by atoms with Gasteiger partial charge in [0.1, 0.15) is 6.04 Å². The molecular formula is C13H20N2O2S. The summed E-state index contributed by atoms with van der Waals surface area (Å²) in [4.78, 5) is 15.1. The Morgan fingerprint density at radius 2 is 2.39 bits per heavy atom. The summed E-state index contributed by atoms with van der Waals surface area (Å²) in [5.74, 6) is -0.0570. The lowest BCUT2D eigenvalue weighted by Gasteiger charge is -2.30. The first-order valence-electron chi connectivity index (χ1n) is 6.44. The average Bonchev–Trinajstić information content (AvgIpc) is 2.82. The number of hydrogen-bond donors (Lipinski definition) is 2. The summed E-state index contributed by atoms with van der Waals surface area (Å²) >= 11 is 1.50. The van der Waals surface area contributed by atoms with Gasteiger partial charge in [0.2, 0.25) is 5.91 Å². The van der Waals surface area contributed by atoms with Gasteiger partial charge in [0.05, 0.1) is 12.6 Å². The Kier molecular flexibility index (Phi) is 4.74. The third kappa shape index (κ3) is 2.91. The second-order valence-corrected chi connectivity index (χ2v) is 5.69. The van der Waals surface area contributed by atoms with E-state index in [9.17, 15) is 9.90 Å². The normalized spacial score (nSPS) is 22.6. The molecule has 100 valence electrons. The maximum Gasteiger partial charge on any atom is 0.245 e. The summed E-state index contributed by atoms with van der Waals surface area (Å²) in [6, 6.07) is 3.14. The van der Waals surface area contributed by atoms with Gasteiger partial charge in [0, 0.05) is 11.4 Å². The molecule has 3 N–H and O–H groups in total. The first-order chi connectivity index (χ1) is 8.74. The Labute approximate surface area is 111 Å². The van der Waals surface area contributed by atoms with Gasteiger partial charge in [0.15, 0.2) is 0 Å². The van der Waals surface area contributed by atoms with Crippen LogP contribution in [-0.4, -0.2) is 35.1 Å². The van der Waals surface area contributed by atoms with Crippen molar-refractivity contribution in [1.29, 1.82) is 0 Å². The molecule has 1 aliphatic heterocycles. The Bertz CT molecular complexity index is 380. The molecule has 0 aliphatic carbocycles. The van der Waals surface area contributed by atoms with Crippen molar-refractivity contribution < 1.29 is 9.90 Å². The zero-order valence-electron chi connectivity index (χ0n) is 10.4. The number of nitrogens with two attached hydrogens (primary N) is 1. The Balaban J connectivity index is 2.10. The van der Waals surface area contributed by atoms with E-state index in [0.29, 0.717) is 6.54 Å². The van der Waals surface area contributed by atoms with E-state index >= 15 is 0 Å². The Hall–Kier alpha value is -0.910. The van der Waals surface area contributed by atoms with Crippen LogP contribution in [0.5, 0.6) is 0 Å². The Morgan fingerprint density at radius 3 is 3.06 bits per heavy atom. The number of rotatable bonds is 3. The predicted octanol–water partition coefficient (Wildman–Crippen LogP) is 1.51. The van der Waals surface area contributed by atoms with Crippen LogP contribution >= 0.6 is 11.3 Å². The van der Waals surface area contributed by atoms with Crippen molar-refractivity contribution in [2.75, 3.05) is 13.2 Å². The van der Waals surface area contributed by atoms with E-state index in [1.54, 1.807) is 4.90 Å². The van der Waals surface area contributed by atoms with Gasteiger partial charge in [-0.1, -0.05) is 18.9 Å². The van der Waals surface area contributed by atoms with Crippen LogP contribution in [0, 0.1) is 0 Å². The maximum atomic E-state index is 12.4. The van der Waals surface area contributed by atoms with Crippen LogP contribution in [-0.2, 0) is 4.79 Å². The number of aliphatic hydroxyl groups is 1. The molecule has 0 aromatic carbocycles. The minimum absolute atomic E-state index is 0.0307. The maximum absolute atomic E-state index is 12.4. The fourth-order valence-electron chi connectivity index (χ4n) is 2.43. The number of hydrogen-bond acceptors (Lipinski definition) is 4. The summed E-state index contributed by atoms with van der Waals surface area (Å²) in [6.07, 6.45) is 4.07. The minimum atomic E-state index is -0.586. The lowest BCUT2D eigenvalue weighted by molar-refractivity contribution is -0.135. The highest BCUT2D eigenvalue weighted by Crippen LogP contribution is 2.23. The van der Waals surface area contributed by atoms with E-state index in [1.807, 2.05) is 17.5 Å². The monoisotopic (exact) mass is 268 g/mol. The molecule has 1 aromatic heterocycles. The third-order valence-corrected chi connectivity index (χ3v) is 4.44. The van der Waals surface area contributed by atoms with Crippen molar-refractivity contribution in [2.24, 2.45) is 5.73 Å². The number of likely N-dealkylation sites (tertiary alicyclic amines) is 1. The van der Waals surface area contributed by atoms with Gasteiger partial charge in [-0.25, -0.2) is 0 Å². The zero-order chi connectivity index (χ0) is 13.0. The van der Waals surface area contributed by atoms with E-state index in [2.05, 4.69) is 0 Å². The zero-order valence-corrected chi connectivity index (χ0v) is 11.2. The predicted molar refractivity (Wildman–Crippen MR) is 72.3 cm³/mol. The van der Waals surface area contributed by atoms with E-state index in [0.717, 1.165) is 30.6 Å². The topological polar surface area (TPSA) is 66.6 Å². The number of carbonyl (C=O) groups excluding carboxylic acids is 1. The van der Waals surface area contributed by atoms with Crippen LogP contribution in [0.25, 0.3) is 0 Å². The molecule has 2 atom stereocenters. The first-order valence-corrected chi connectivity index (χ1v) is 7.32. The molecule has 0 radical (unpaired) electrons. The summed E-state index contributed by atoms with van der Waals surface area (Å²) in [6.45, 7) is 0.742. The van der Waals surface area contributed by atoms with E-state index in [1.165, 1.54) is 11.3 Å². The lowest BCUT2D eigenvalue weighted by Crippen LogP contribution is -2.46. The van der Waals surface area contributed by atoms with E-state index in [4.69, 9.17) is 5.73 Å². The molecule has 2 rings (SSSR count). The fourth-order valence-corrected chi connectivity index (χ4v) is 3.14. The van der Waals surface area contributed by atoms with Crippen molar-refractivity contribution in [1.82, 2.24) is 4.90 Å². The van der Waals surface area contributed by atoms with Crippen molar-refractivity contribution >= 4 is 17.2 Å². The van der Waals surface area contributed by atoms with Gasteiger partial charge in [0.25, 0.3) is 0 Å². The fraction of sp³-hybridized carbons (Fsp3) is 0.615. The molecule has 1 saturated heterocycles. The van der Waals surface area contributed by atoms with Crippen molar-refractivity contribution in [3.05, 3.63) is 22.4 Å². The molecule has 2 unspecified atom stereocenters. The molecule has 0 spiro atoms. The summed E-state index contributed by atoms with van der Waals surface area (Å²) < 4.78 is 0. The van der Waals surface area contributed by atoms with Crippen molar-refractivity contribution in [3.8, 4) is 0 Å². The molecule has 4 nitrogen and oxygen atoms in total. The molecule has 18 heavy (non-hydrogen) atoms. The smallest absolute Gasteiger partial charge is 0.245 e. The van der Waals surface area contributed by atoms with Gasteiger partial charge >= 0.3 is 0 Å². The van der Waals surface area contributed by atoms with Crippen LogP contribution in [0.4, 0.5) is 0 Å². The molecule has 1 aromatic rings. The largest absolute Gasteiger partial charge is 0.394 e. The van der Waals surface area contributed by atoms with Gasteiger partial charge in [-0.3, -0.25) is 4.79 Å².